The van der Waals surface area contributed by atoms with Crippen molar-refractivity contribution in [3.05, 3.63) is 109 Å². The lowest BCUT2D eigenvalue weighted by Crippen LogP contribution is -2.02. The first kappa shape index (κ1) is 25.5. The van der Waals surface area contributed by atoms with Crippen molar-refractivity contribution in [1.29, 1.82) is 0 Å². The number of unbranched alkanes of at least 4 members (excludes halogenated alkanes) is 5. The van der Waals surface area contributed by atoms with Crippen LogP contribution in [0, 0.1) is 0 Å². The van der Waals surface area contributed by atoms with Crippen molar-refractivity contribution in [3.63, 3.8) is 0 Å². The first-order valence-electron chi connectivity index (χ1n) is 13.7. The van der Waals surface area contributed by atoms with Gasteiger partial charge < -0.3 is 9.47 Å². The van der Waals surface area contributed by atoms with Gasteiger partial charge in [-0.2, -0.15) is 0 Å². The van der Waals surface area contributed by atoms with Crippen molar-refractivity contribution >= 4 is 44.4 Å². The highest BCUT2D eigenvalue weighted by Crippen LogP contribution is 2.39. The summed E-state index contributed by atoms with van der Waals surface area (Å²) in [6.07, 6.45) is 9.72. The van der Waals surface area contributed by atoms with Crippen LogP contribution >= 0.6 is 0 Å². The molecule has 38 heavy (non-hydrogen) atoms. The van der Waals surface area contributed by atoms with E-state index in [0.717, 1.165) is 49.8 Å². The van der Waals surface area contributed by atoms with E-state index in [4.69, 9.17) is 9.47 Å². The fourth-order valence-electron chi connectivity index (χ4n) is 5.09. The van der Waals surface area contributed by atoms with Crippen LogP contribution in [0.25, 0.3) is 38.4 Å². The Bertz CT molecular complexity index is 1490. The zero-order chi connectivity index (χ0) is 26.0. The lowest BCUT2D eigenvalue weighted by atomic mass is 9.94. The Balaban J connectivity index is 1.05. The fourth-order valence-corrected chi connectivity index (χ4v) is 5.09. The van der Waals surface area contributed by atoms with Gasteiger partial charge in [0, 0.05) is 11.5 Å². The van der Waals surface area contributed by atoms with E-state index in [2.05, 4.69) is 66.7 Å². The van der Waals surface area contributed by atoms with E-state index in [9.17, 15) is 4.79 Å². The van der Waals surface area contributed by atoms with E-state index in [1.165, 1.54) is 38.4 Å². The topological polar surface area (TPSA) is 35.5 Å². The van der Waals surface area contributed by atoms with Crippen molar-refractivity contribution < 1.29 is 14.3 Å². The summed E-state index contributed by atoms with van der Waals surface area (Å²) in [7, 11) is 0. The highest BCUT2D eigenvalue weighted by atomic mass is 16.5. The molecule has 0 atom stereocenters. The van der Waals surface area contributed by atoms with Gasteiger partial charge >= 0.3 is 5.97 Å². The Hall–Kier alpha value is -4.11. The van der Waals surface area contributed by atoms with E-state index in [1.807, 2.05) is 30.3 Å². The average molecular weight is 503 g/mol. The SMILES string of the molecule is O=C(C=Cc1ccccc1)OCCCCCCCCOc1cccc2c3ccccc3c3ccccc3c12. The van der Waals surface area contributed by atoms with Crippen LogP contribution in [0.4, 0.5) is 0 Å². The number of fused-ring (bicyclic) bond motifs is 6. The van der Waals surface area contributed by atoms with E-state index >= 15 is 0 Å². The fraction of sp³-hybridized carbons (Fsp3) is 0.229. The molecule has 0 aliphatic carbocycles. The summed E-state index contributed by atoms with van der Waals surface area (Å²) in [6, 6.07) is 33.4. The number of carbonyl (C=O) groups excluding carboxylic acids is 1. The predicted octanol–water partition coefficient (Wildman–Crippen LogP) is 9.12. The van der Waals surface area contributed by atoms with Crippen molar-refractivity contribution in [1.82, 2.24) is 0 Å². The van der Waals surface area contributed by atoms with Crippen molar-refractivity contribution in [3.8, 4) is 5.75 Å². The minimum Gasteiger partial charge on any atom is -0.493 e. The first-order chi connectivity index (χ1) is 18.8. The number of esters is 1. The monoisotopic (exact) mass is 502 g/mol. The molecule has 5 aromatic carbocycles. The van der Waals surface area contributed by atoms with Gasteiger partial charge in [0.05, 0.1) is 13.2 Å². The molecule has 0 N–H and O–H groups in total. The third-order valence-electron chi connectivity index (χ3n) is 6.98. The molecule has 0 heterocycles. The molecule has 5 rings (SSSR count). The molecule has 192 valence electrons. The number of hydrogen-bond donors (Lipinski definition) is 0. The summed E-state index contributed by atoms with van der Waals surface area (Å²) < 4.78 is 11.6. The lowest BCUT2D eigenvalue weighted by molar-refractivity contribution is -0.137. The second kappa shape index (κ2) is 12.9. The van der Waals surface area contributed by atoms with Gasteiger partial charge in [-0.3, -0.25) is 0 Å². The normalized spacial score (nSPS) is 11.5. The van der Waals surface area contributed by atoms with Crippen LogP contribution in [0.1, 0.15) is 44.1 Å². The third-order valence-corrected chi connectivity index (χ3v) is 6.98. The van der Waals surface area contributed by atoms with E-state index in [0.29, 0.717) is 13.2 Å². The molecule has 0 bridgehead atoms. The number of hydrogen-bond acceptors (Lipinski definition) is 3. The van der Waals surface area contributed by atoms with Crippen LogP contribution in [0.3, 0.4) is 0 Å². The number of carbonyl (C=O) groups is 1. The molecule has 0 fully saturated rings. The Kier molecular flexibility index (Phi) is 8.68. The summed E-state index contributed by atoms with van der Waals surface area (Å²) in [5, 5.41) is 7.51. The van der Waals surface area contributed by atoms with Gasteiger partial charge in [-0.1, -0.05) is 117 Å². The summed E-state index contributed by atoms with van der Waals surface area (Å²) in [4.78, 5) is 11.8. The number of rotatable bonds is 12. The highest BCUT2D eigenvalue weighted by molar-refractivity contribution is 6.26. The molecule has 3 heteroatoms. The largest absolute Gasteiger partial charge is 0.493 e. The van der Waals surface area contributed by atoms with Gasteiger partial charge in [0.1, 0.15) is 5.75 Å². The van der Waals surface area contributed by atoms with E-state index in [1.54, 1.807) is 6.08 Å². The summed E-state index contributed by atoms with van der Waals surface area (Å²) in [5.41, 5.74) is 0.996. The Morgan fingerprint density at radius 3 is 1.76 bits per heavy atom. The molecular formula is C35H34O3. The second-order valence-corrected chi connectivity index (χ2v) is 9.65. The molecular weight excluding hydrogens is 468 g/mol. The number of benzene rings is 5. The molecule has 0 aliphatic rings. The molecule has 0 unspecified atom stereocenters. The van der Waals surface area contributed by atoms with Crippen molar-refractivity contribution in [2.45, 2.75) is 38.5 Å². The highest BCUT2D eigenvalue weighted by Gasteiger charge is 2.11. The minimum atomic E-state index is -0.278. The quantitative estimate of drug-likeness (QED) is 0.0738. The summed E-state index contributed by atoms with van der Waals surface area (Å²) >= 11 is 0. The molecule has 0 amide bonds. The maximum Gasteiger partial charge on any atom is 0.330 e. The third kappa shape index (κ3) is 6.23. The standard InChI is InChI=1S/C35H34O3/c36-34(24-23-27-15-6-5-7-16-27)38-26-13-4-2-1-3-12-25-37-33-22-14-21-32-30-18-9-8-17-28(30)29-19-10-11-20-31(29)35(32)33/h5-11,14-24H,1-4,12-13,25-26H2. The smallest absolute Gasteiger partial charge is 0.330 e. The first-order valence-corrected chi connectivity index (χ1v) is 13.7. The lowest BCUT2D eigenvalue weighted by Gasteiger charge is -2.14. The van der Waals surface area contributed by atoms with E-state index < -0.39 is 0 Å². The molecule has 5 aromatic rings. The van der Waals surface area contributed by atoms with Gasteiger partial charge in [-0.25, -0.2) is 4.79 Å². The van der Waals surface area contributed by atoms with Crippen LogP contribution in [0.2, 0.25) is 0 Å². The van der Waals surface area contributed by atoms with Crippen LogP contribution in [-0.4, -0.2) is 19.2 Å². The summed E-state index contributed by atoms with van der Waals surface area (Å²) in [6.45, 7) is 1.19. The number of ether oxygens (including phenoxy) is 2. The molecule has 0 saturated heterocycles. The predicted molar refractivity (Wildman–Crippen MR) is 159 cm³/mol. The molecule has 0 aliphatic heterocycles. The maximum absolute atomic E-state index is 11.8. The maximum atomic E-state index is 11.8. The Labute approximate surface area is 224 Å². The van der Waals surface area contributed by atoms with Crippen LogP contribution in [0.5, 0.6) is 5.75 Å². The van der Waals surface area contributed by atoms with Gasteiger partial charge in [0.2, 0.25) is 0 Å². The Morgan fingerprint density at radius 1 is 0.553 bits per heavy atom. The Morgan fingerprint density at radius 2 is 1.08 bits per heavy atom. The van der Waals surface area contributed by atoms with E-state index in [-0.39, 0.29) is 5.97 Å². The zero-order valence-electron chi connectivity index (χ0n) is 21.8. The summed E-state index contributed by atoms with van der Waals surface area (Å²) in [5.74, 6) is 0.688. The van der Waals surface area contributed by atoms with Crippen molar-refractivity contribution in [2.24, 2.45) is 0 Å². The second-order valence-electron chi connectivity index (χ2n) is 9.65. The van der Waals surface area contributed by atoms with Gasteiger partial charge in [0.15, 0.2) is 0 Å². The molecule has 0 saturated carbocycles. The molecule has 0 aromatic heterocycles. The van der Waals surface area contributed by atoms with Gasteiger partial charge in [0.25, 0.3) is 0 Å². The van der Waals surface area contributed by atoms with Gasteiger partial charge in [-0.05, 0) is 57.5 Å². The van der Waals surface area contributed by atoms with Crippen LogP contribution in [0.15, 0.2) is 103 Å². The van der Waals surface area contributed by atoms with Crippen molar-refractivity contribution in [2.75, 3.05) is 13.2 Å². The molecule has 0 radical (unpaired) electrons. The molecule has 3 nitrogen and oxygen atoms in total. The zero-order valence-corrected chi connectivity index (χ0v) is 21.8. The minimum absolute atomic E-state index is 0.278. The van der Waals surface area contributed by atoms with Crippen LogP contribution in [-0.2, 0) is 9.53 Å². The van der Waals surface area contributed by atoms with Crippen LogP contribution < -0.4 is 4.74 Å². The van der Waals surface area contributed by atoms with Gasteiger partial charge in [-0.15, -0.1) is 0 Å². The average Bonchev–Trinajstić information content (AvgIpc) is 2.97. The molecule has 0 spiro atoms.